The van der Waals surface area contributed by atoms with Gasteiger partial charge in [-0.25, -0.2) is 0 Å². The first-order valence-electron chi connectivity index (χ1n) is 7.80. The number of rotatable bonds is 0. The van der Waals surface area contributed by atoms with Gasteiger partial charge in [0.2, 0.25) is 0 Å². The predicted octanol–water partition coefficient (Wildman–Crippen LogP) is 5.46. The van der Waals surface area contributed by atoms with Crippen molar-refractivity contribution in [1.29, 1.82) is 0 Å². The number of hydrogen-bond donors (Lipinski definition) is 1. The molecule has 2 aromatic rings. The Morgan fingerprint density at radius 1 is 1.19 bits per heavy atom. The van der Waals surface area contributed by atoms with Crippen LogP contribution in [-0.4, -0.2) is 5.11 Å². The van der Waals surface area contributed by atoms with Crippen molar-refractivity contribution in [2.45, 2.75) is 39.0 Å². The zero-order valence-electron chi connectivity index (χ0n) is 12.2. The minimum Gasteiger partial charge on any atom is -0.508 e. The zero-order valence-corrected chi connectivity index (χ0v) is 13.0. The number of hydrogen-bond acceptors (Lipinski definition) is 1. The van der Waals surface area contributed by atoms with E-state index in [2.05, 4.69) is 19.1 Å². The molecule has 4 rings (SSSR count). The van der Waals surface area contributed by atoms with Crippen LogP contribution < -0.4 is 0 Å². The Morgan fingerprint density at radius 2 is 2.05 bits per heavy atom. The van der Waals surface area contributed by atoms with Gasteiger partial charge in [-0.3, -0.25) is 0 Å². The lowest BCUT2D eigenvalue weighted by Gasteiger charge is -2.26. The summed E-state index contributed by atoms with van der Waals surface area (Å²) in [5.74, 6) is 1.11. The van der Waals surface area contributed by atoms with Crippen LogP contribution in [0.5, 0.6) is 0 Å². The Kier molecular flexibility index (Phi) is 3.00. The van der Waals surface area contributed by atoms with Crippen LogP contribution in [-0.2, 0) is 19.3 Å². The number of aryl methyl sites for hydroxylation is 2. The molecule has 2 aromatic carbocycles. The third kappa shape index (κ3) is 1.98. The van der Waals surface area contributed by atoms with Crippen LogP contribution in [0.2, 0.25) is 5.02 Å². The van der Waals surface area contributed by atoms with E-state index in [1.807, 2.05) is 12.1 Å². The van der Waals surface area contributed by atoms with E-state index in [1.54, 1.807) is 0 Å². The topological polar surface area (TPSA) is 20.2 Å². The van der Waals surface area contributed by atoms with Crippen LogP contribution in [0.15, 0.2) is 24.3 Å². The lowest BCUT2D eigenvalue weighted by atomic mass is 9.80. The van der Waals surface area contributed by atoms with Crippen molar-refractivity contribution >= 4 is 28.1 Å². The second-order valence-corrected chi connectivity index (χ2v) is 6.89. The van der Waals surface area contributed by atoms with Crippen molar-refractivity contribution in [1.82, 2.24) is 0 Å². The number of aliphatic hydroxyl groups excluding tert-OH is 1. The molecule has 108 valence electrons. The van der Waals surface area contributed by atoms with E-state index in [0.29, 0.717) is 5.76 Å². The van der Waals surface area contributed by atoms with Crippen molar-refractivity contribution in [3.8, 4) is 0 Å². The molecule has 2 aliphatic carbocycles. The molecule has 1 N–H and O–H groups in total. The zero-order chi connectivity index (χ0) is 14.6. The lowest BCUT2D eigenvalue weighted by molar-refractivity contribution is 0.503. The molecule has 0 aliphatic heterocycles. The van der Waals surface area contributed by atoms with Gasteiger partial charge in [0.1, 0.15) is 5.76 Å². The van der Waals surface area contributed by atoms with Gasteiger partial charge in [-0.05, 0) is 72.2 Å². The molecular weight excluding hydrogens is 280 g/mol. The van der Waals surface area contributed by atoms with E-state index in [-0.39, 0.29) is 0 Å². The van der Waals surface area contributed by atoms with Crippen molar-refractivity contribution in [3.63, 3.8) is 0 Å². The first kappa shape index (κ1) is 13.2. The Hall–Kier alpha value is -1.47. The van der Waals surface area contributed by atoms with E-state index in [1.165, 1.54) is 33.9 Å². The van der Waals surface area contributed by atoms with Gasteiger partial charge in [-0.2, -0.15) is 0 Å². The second-order valence-electron chi connectivity index (χ2n) is 6.49. The molecular formula is C19H19ClO. The van der Waals surface area contributed by atoms with Gasteiger partial charge in [0.05, 0.1) is 0 Å². The summed E-state index contributed by atoms with van der Waals surface area (Å²) in [5, 5.41) is 13.4. The first-order valence-corrected chi connectivity index (χ1v) is 8.18. The predicted molar refractivity (Wildman–Crippen MR) is 89.1 cm³/mol. The highest BCUT2D eigenvalue weighted by molar-refractivity contribution is 6.36. The molecule has 2 heteroatoms. The Labute approximate surface area is 130 Å². The summed E-state index contributed by atoms with van der Waals surface area (Å²) >= 11 is 6.61. The SMILES string of the molecule is CC1CCc2ccc3c4c(cc(Cl)c3c2C1)C(O)=CCC4. The van der Waals surface area contributed by atoms with Crippen molar-refractivity contribution in [2.24, 2.45) is 5.92 Å². The lowest BCUT2D eigenvalue weighted by Crippen LogP contribution is -2.12. The van der Waals surface area contributed by atoms with Crippen LogP contribution in [0.1, 0.15) is 42.0 Å². The van der Waals surface area contributed by atoms with E-state index in [9.17, 15) is 5.11 Å². The minimum absolute atomic E-state index is 0.381. The fourth-order valence-corrected chi connectivity index (χ4v) is 4.25. The smallest absolute Gasteiger partial charge is 0.119 e. The summed E-state index contributed by atoms with van der Waals surface area (Å²) < 4.78 is 0. The summed E-state index contributed by atoms with van der Waals surface area (Å²) in [5.41, 5.74) is 5.07. The van der Waals surface area contributed by atoms with Crippen LogP contribution in [0.25, 0.3) is 16.5 Å². The molecule has 0 radical (unpaired) electrons. The Morgan fingerprint density at radius 3 is 2.90 bits per heavy atom. The highest BCUT2D eigenvalue weighted by Crippen LogP contribution is 2.40. The molecule has 0 saturated heterocycles. The standard InChI is InChI=1S/C19H19ClO/c1-11-5-6-12-7-8-14-13-3-2-4-18(21)16(13)10-17(20)19(14)15(12)9-11/h4,7-8,10-11,21H,2-3,5-6,9H2,1H3. The molecule has 1 nitrogen and oxygen atoms in total. The third-order valence-electron chi connectivity index (χ3n) is 5.04. The van der Waals surface area contributed by atoms with Crippen LogP contribution >= 0.6 is 11.6 Å². The fourth-order valence-electron chi connectivity index (χ4n) is 3.93. The minimum atomic E-state index is 0.381. The van der Waals surface area contributed by atoms with Gasteiger partial charge in [-0.1, -0.05) is 30.7 Å². The van der Waals surface area contributed by atoms with Gasteiger partial charge in [-0.15, -0.1) is 0 Å². The monoisotopic (exact) mass is 298 g/mol. The maximum atomic E-state index is 10.1. The number of aliphatic hydroxyl groups is 1. The van der Waals surface area contributed by atoms with E-state index < -0.39 is 0 Å². The molecule has 1 unspecified atom stereocenters. The molecule has 1 atom stereocenters. The highest BCUT2D eigenvalue weighted by Gasteiger charge is 2.23. The van der Waals surface area contributed by atoms with Crippen molar-refractivity contribution < 1.29 is 5.11 Å². The number of allylic oxidation sites excluding steroid dienone is 1. The van der Waals surface area contributed by atoms with Crippen LogP contribution in [0.3, 0.4) is 0 Å². The summed E-state index contributed by atoms with van der Waals surface area (Å²) in [6.07, 6.45) is 7.33. The molecule has 0 bridgehead atoms. The average molecular weight is 299 g/mol. The number of halogens is 1. The molecule has 2 aliphatic rings. The number of fused-ring (bicyclic) bond motifs is 5. The summed E-state index contributed by atoms with van der Waals surface area (Å²) in [4.78, 5) is 0. The Balaban J connectivity index is 2.06. The largest absolute Gasteiger partial charge is 0.508 e. The van der Waals surface area contributed by atoms with E-state index >= 15 is 0 Å². The molecule has 21 heavy (non-hydrogen) atoms. The molecule has 0 amide bonds. The summed E-state index contributed by atoms with van der Waals surface area (Å²) in [6, 6.07) is 6.45. The van der Waals surface area contributed by atoms with Gasteiger partial charge in [0.15, 0.2) is 0 Å². The quantitative estimate of drug-likeness (QED) is 0.684. The van der Waals surface area contributed by atoms with Crippen LogP contribution in [0.4, 0.5) is 0 Å². The van der Waals surface area contributed by atoms with Gasteiger partial charge >= 0.3 is 0 Å². The molecule has 0 spiro atoms. The fraction of sp³-hybridized carbons (Fsp3) is 0.368. The second kappa shape index (κ2) is 4.78. The van der Waals surface area contributed by atoms with Gasteiger partial charge < -0.3 is 5.11 Å². The molecule has 0 aromatic heterocycles. The first-order chi connectivity index (χ1) is 10.1. The van der Waals surface area contributed by atoms with Crippen molar-refractivity contribution in [3.05, 3.63) is 51.6 Å². The van der Waals surface area contributed by atoms with Crippen molar-refractivity contribution in [2.75, 3.05) is 0 Å². The molecule has 0 heterocycles. The maximum absolute atomic E-state index is 10.1. The summed E-state index contributed by atoms with van der Waals surface area (Å²) in [6.45, 7) is 2.32. The van der Waals surface area contributed by atoms with E-state index in [4.69, 9.17) is 11.6 Å². The number of benzene rings is 2. The van der Waals surface area contributed by atoms with Gasteiger partial charge in [0, 0.05) is 16.0 Å². The van der Waals surface area contributed by atoms with E-state index in [0.717, 1.165) is 42.2 Å². The highest BCUT2D eigenvalue weighted by atomic mass is 35.5. The Bertz CT molecular complexity index is 773. The normalized spacial score (nSPS) is 20.9. The average Bonchev–Trinajstić information content (AvgIpc) is 2.48. The maximum Gasteiger partial charge on any atom is 0.119 e. The van der Waals surface area contributed by atoms with Gasteiger partial charge in [0.25, 0.3) is 0 Å². The van der Waals surface area contributed by atoms with Crippen LogP contribution in [0, 0.1) is 5.92 Å². The molecule has 0 saturated carbocycles. The molecule has 0 fully saturated rings. The summed E-state index contributed by atoms with van der Waals surface area (Å²) in [7, 11) is 0. The third-order valence-corrected chi connectivity index (χ3v) is 5.34.